The predicted octanol–water partition coefficient (Wildman–Crippen LogP) is 1.49. The minimum Gasteiger partial charge on any atom is -0.375 e. The number of fused-ring (bicyclic) bond motifs is 1. The molecule has 0 bridgehead atoms. The van der Waals surface area contributed by atoms with Gasteiger partial charge in [0.25, 0.3) is 0 Å². The summed E-state index contributed by atoms with van der Waals surface area (Å²) in [4.78, 5) is 16.4. The van der Waals surface area contributed by atoms with E-state index in [1.54, 1.807) is 0 Å². The van der Waals surface area contributed by atoms with Crippen molar-refractivity contribution in [2.75, 3.05) is 5.73 Å². The van der Waals surface area contributed by atoms with Gasteiger partial charge in [0.1, 0.15) is 0 Å². The Labute approximate surface area is 74.6 Å². The number of Topliss-reactive ketones (excluding diaryl/α,β-unsaturated/α-hetero) is 1. The van der Waals surface area contributed by atoms with Gasteiger partial charge >= 0.3 is 0 Å². The lowest BCUT2D eigenvalue weighted by molar-refractivity contribution is 0.0917. The Morgan fingerprint density at radius 3 is 3.17 bits per heavy atom. The number of carbonyl (C=O) groups excluding carboxylic acids is 1. The third-order valence-corrected chi connectivity index (χ3v) is 3.14. The Bertz CT molecular complexity index is 332. The van der Waals surface area contributed by atoms with E-state index in [-0.39, 0.29) is 11.7 Å². The number of nitrogens with two attached hydrogens (primary N) is 1. The largest absolute Gasteiger partial charge is 0.375 e. The summed E-state index contributed by atoms with van der Waals surface area (Å²) in [5.41, 5.74) is 6.42. The first-order chi connectivity index (χ1) is 5.68. The Morgan fingerprint density at radius 2 is 2.42 bits per heavy atom. The standard InChI is InChI=1S/C8H10N2OS/c1-4-2-3-5-7(6(4)11)12-8(9)10-5/h4H,2-3H2,1H3,(H2,9,10). The highest BCUT2D eigenvalue weighted by molar-refractivity contribution is 7.17. The van der Waals surface area contributed by atoms with Crippen molar-refractivity contribution in [3.05, 3.63) is 10.6 Å². The molecule has 0 saturated heterocycles. The lowest BCUT2D eigenvalue weighted by Gasteiger charge is -2.14. The minimum absolute atomic E-state index is 0.150. The Hall–Kier alpha value is -0.900. The van der Waals surface area contributed by atoms with E-state index in [1.807, 2.05) is 6.92 Å². The fourth-order valence-corrected chi connectivity index (χ4v) is 2.37. The maximum absolute atomic E-state index is 11.5. The van der Waals surface area contributed by atoms with E-state index in [2.05, 4.69) is 4.98 Å². The third kappa shape index (κ3) is 1.03. The van der Waals surface area contributed by atoms with Crippen molar-refractivity contribution >= 4 is 22.3 Å². The van der Waals surface area contributed by atoms with Gasteiger partial charge in [0.15, 0.2) is 10.9 Å². The van der Waals surface area contributed by atoms with E-state index in [1.165, 1.54) is 11.3 Å². The number of aryl methyl sites for hydroxylation is 1. The summed E-state index contributed by atoms with van der Waals surface area (Å²) >= 11 is 1.32. The second-order valence-corrected chi connectivity index (χ2v) is 4.16. The van der Waals surface area contributed by atoms with Gasteiger partial charge in [-0.15, -0.1) is 0 Å². The highest BCUT2D eigenvalue weighted by Gasteiger charge is 2.27. The van der Waals surface area contributed by atoms with Gasteiger partial charge in [0.05, 0.1) is 10.6 Å². The second kappa shape index (κ2) is 2.55. The normalized spacial score (nSPS) is 22.4. The lowest BCUT2D eigenvalue weighted by atomic mass is 9.92. The van der Waals surface area contributed by atoms with Gasteiger partial charge in [-0.2, -0.15) is 0 Å². The van der Waals surface area contributed by atoms with Gasteiger partial charge in [-0.25, -0.2) is 4.98 Å². The van der Waals surface area contributed by atoms with E-state index < -0.39 is 0 Å². The van der Waals surface area contributed by atoms with Gasteiger partial charge in [-0.1, -0.05) is 18.3 Å². The summed E-state index contributed by atoms with van der Waals surface area (Å²) in [6.45, 7) is 1.96. The van der Waals surface area contributed by atoms with Crippen molar-refractivity contribution in [2.45, 2.75) is 19.8 Å². The molecule has 1 aliphatic rings. The van der Waals surface area contributed by atoms with Crippen LogP contribution >= 0.6 is 11.3 Å². The van der Waals surface area contributed by atoms with E-state index in [4.69, 9.17) is 5.73 Å². The molecule has 0 radical (unpaired) electrons. The molecule has 0 saturated carbocycles. The second-order valence-electron chi connectivity index (χ2n) is 3.13. The molecule has 1 atom stereocenters. The predicted molar refractivity (Wildman–Crippen MR) is 48.3 cm³/mol. The van der Waals surface area contributed by atoms with Crippen LogP contribution in [0, 0.1) is 5.92 Å². The fourth-order valence-electron chi connectivity index (χ4n) is 1.44. The van der Waals surface area contributed by atoms with Crippen LogP contribution in [0.2, 0.25) is 0 Å². The maximum atomic E-state index is 11.5. The Kier molecular flexibility index (Phi) is 1.65. The molecule has 12 heavy (non-hydrogen) atoms. The zero-order valence-electron chi connectivity index (χ0n) is 6.83. The molecule has 3 nitrogen and oxygen atoms in total. The Morgan fingerprint density at radius 1 is 1.67 bits per heavy atom. The van der Waals surface area contributed by atoms with E-state index in [9.17, 15) is 4.79 Å². The van der Waals surface area contributed by atoms with Crippen LogP contribution in [0.5, 0.6) is 0 Å². The van der Waals surface area contributed by atoms with Gasteiger partial charge in [0, 0.05) is 5.92 Å². The molecule has 1 aromatic rings. The molecule has 0 amide bonds. The summed E-state index contributed by atoms with van der Waals surface area (Å²) in [7, 11) is 0. The first-order valence-electron chi connectivity index (χ1n) is 3.98. The molecular formula is C8H10N2OS. The van der Waals surface area contributed by atoms with Crippen LogP contribution in [-0.2, 0) is 6.42 Å². The molecule has 1 aromatic heterocycles. The number of anilines is 1. The van der Waals surface area contributed by atoms with Crippen LogP contribution in [-0.4, -0.2) is 10.8 Å². The summed E-state index contributed by atoms with van der Waals surface area (Å²) in [6.07, 6.45) is 1.81. The van der Waals surface area contributed by atoms with E-state index in [0.717, 1.165) is 23.4 Å². The van der Waals surface area contributed by atoms with Crippen molar-refractivity contribution in [2.24, 2.45) is 5.92 Å². The summed E-state index contributed by atoms with van der Waals surface area (Å²) < 4.78 is 0. The van der Waals surface area contributed by atoms with Crippen molar-refractivity contribution < 1.29 is 4.79 Å². The third-order valence-electron chi connectivity index (χ3n) is 2.20. The van der Waals surface area contributed by atoms with Crippen molar-refractivity contribution in [3.8, 4) is 0 Å². The number of rotatable bonds is 0. The van der Waals surface area contributed by atoms with Crippen LogP contribution in [0.4, 0.5) is 5.13 Å². The SMILES string of the molecule is CC1CCc2nc(N)sc2C1=O. The molecule has 1 unspecified atom stereocenters. The van der Waals surface area contributed by atoms with Crippen molar-refractivity contribution in [1.29, 1.82) is 0 Å². The summed E-state index contributed by atoms with van der Waals surface area (Å²) in [5.74, 6) is 0.364. The maximum Gasteiger partial charge on any atom is 0.180 e. The topological polar surface area (TPSA) is 56.0 Å². The highest BCUT2D eigenvalue weighted by atomic mass is 32.1. The molecular weight excluding hydrogens is 172 g/mol. The zero-order chi connectivity index (χ0) is 8.72. The molecule has 2 rings (SSSR count). The van der Waals surface area contributed by atoms with Crippen LogP contribution < -0.4 is 5.73 Å². The molecule has 1 heterocycles. The molecule has 64 valence electrons. The monoisotopic (exact) mass is 182 g/mol. The van der Waals surface area contributed by atoms with Crippen LogP contribution in [0.15, 0.2) is 0 Å². The summed E-state index contributed by atoms with van der Waals surface area (Å²) in [5, 5.41) is 0.516. The van der Waals surface area contributed by atoms with E-state index >= 15 is 0 Å². The average Bonchev–Trinajstić information content (AvgIpc) is 2.39. The van der Waals surface area contributed by atoms with Crippen molar-refractivity contribution in [3.63, 3.8) is 0 Å². The van der Waals surface area contributed by atoms with Crippen molar-refractivity contribution in [1.82, 2.24) is 4.98 Å². The van der Waals surface area contributed by atoms with Crippen LogP contribution in [0.1, 0.15) is 28.7 Å². The zero-order valence-corrected chi connectivity index (χ0v) is 7.65. The number of thiazole rings is 1. The molecule has 0 aromatic carbocycles. The van der Waals surface area contributed by atoms with Crippen LogP contribution in [0.25, 0.3) is 0 Å². The number of carbonyl (C=O) groups is 1. The number of hydrogen-bond acceptors (Lipinski definition) is 4. The van der Waals surface area contributed by atoms with Crippen LogP contribution in [0.3, 0.4) is 0 Å². The first kappa shape index (κ1) is 7.73. The summed E-state index contributed by atoms with van der Waals surface area (Å²) in [6, 6.07) is 0. The molecule has 0 aliphatic heterocycles. The smallest absolute Gasteiger partial charge is 0.180 e. The molecule has 0 fully saturated rings. The first-order valence-corrected chi connectivity index (χ1v) is 4.79. The number of nitrogen functional groups attached to an aromatic ring is 1. The molecule has 4 heteroatoms. The van der Waals surface area contributed by atoms with Gasteiger partial charge < -0.3 is 5.73 Å². The number of aromatic nitrogens is 1. The van der Waals surface area contributed by atoms with Gasteiger partial charge in [-0.05, 0) is 12.8 Å². The highest BCUT2D eigenvalue weighted by Crippen LogP contribution is 2.30. The quantitative estimate of drug-likeness (QED) is 0.661. The Balaban J connectivity index is 2.48. The lowest BCUT2D eigenvalue weighted by Crippen LogP contribution is -2.18. The van der Waals surface area contributed by atoms with E-state index in [0.29, 0.717) is 5.13 Å². The number of nitrogens with zero attached hydrogens (tertiary/aromatic N) is 1. The minimum atomic E-state index is 0.150. The molecule has 1 aliphatic carbocycles. The number of hydrogen-bond donors (Lipinski definition) is 1. The average molecular weight is 182 g/mol. The molecule has 0 spiro atoms. The van der Waals surface area contributed by atoms with Gasteiger partial charge in [-0.3, -0.25) is 4.79 Å². The fraction of sp³-hybridized carbons (Fsp3) is 0.500. The molecule has 2 N–H and O–H groups in total. The number of ketones is 1. The van der Waals surface area contributed by atoms with Gasteiger partial charge in [0.2, 0.25) is 0 Å².